The normalized spacial score (nSPS) is 23.0. The third kappa shape index (κ3) is 6.75. The van der Waals surface area contributed by atoms with E-state index in [9.17, 15) is 14.4 Å². The van der Waals surface area contributed by atoms with E-state index >= 15 is 0 Å². The summed E-state index contributed by atoms with van der Waals surface area (Å²) in [5.74, 6) is -0.424. The molecule has 0 spiro atoms. The van der Waals surface area contributed by atoms with Gasteiger partial charge in [0.2, 0.25) is 11.8 Å². The fourth-order valence-corrected chi connectivity index (χ4v) is 4.23. The molecule has 33 heavy (non-hydrogen) atoms. The number of carbonyl (C=O) groups is 3. The number of Topliss-reactive ketones (excluding diaryl/α,β-unsaturated/α-hetero) is 1. The summed E-state index contributed by atoms with van der Waals surface area (Å²) in [6, 6.07) is 19.4. The molecule has 1 aliphatic rings. The van der Waals surface area contributed by atoms with Gasteiger partial charge in [-0.05, 0) is 50.0 Å². The monoisotopic (exact) mass is 444 g/mol. The Morgan fingerprint density at radius 1 is 0.758 bits per heavy atom. The van der Waals surface area contributed by atoms with Gasteiger partial charge in [0, 0.05) is 23.9 Å². The highest BCUT2D eigenvalue weighted by molar-refractivity contribution is 5.97. The van der Waals surface area contributed by atoms with Crippen LogP contribution < -0.4 is 10.6 Å². The zero-order valence-corrected chi connectivity index (χ0v) is 19.3. The Hall–Kier alpha value is -3.47. The van der Waals surface area contributed by atoms with Gasteiger partial charge in [0.25, 0.3) is 0 Å². The molecule has 2 amide bonds. The van der Waals surface area contributed by atoms with Crippen LogP contribution in [0.25, 0.3) is 0 Å². The fourth-order valence-electron chi connectivity index (χ4n) is 4.23. The third-order valence-electron chi connectivity index (χ3n) is 6.25. The number of rotatable bonds is 8. The molecule has 2 N–H and O–H groups in total. The maximum absolute atomic E-state index is 13.4. The summed E-state index contributed by atoms with van der Waals surface area (Å²) in [4.78, 5) is 38.0. The lowest BCUT2D eigenvalue weighted by molar-refractivity contribution is -0.136. The number of nitrogens with one attached hydrogen (secondary N) is 2. The van der Waals surface area contributed by atoms with Gasteiger partial charge in [-0.1, -0.05) is 79.2 Å². The lowest BCUT2D eigenvalue weighted by atomic mass is 9.62. The second kappa shape index (κ2) is 10.9. The summed E-state index contributed by atoms with van der Waals surface area (Å²) in [5.41, 5.74) is 0.536. The zero-order valence-electron chi connectivity index (χ0n) is 19.3. The van der Waals surface area contributed by atoms with Crippen molar-refractivity contribution in [2.75, 3.05) is 0 Å². The number of allylic oxidation sites excluding steroid dienone is 2. The van der Waals surface area contributed by atoms with Crippen molar-refractivity contribution in [1.29, 1.82) is 0 Å². The molecule has 2 aromatic carbocycles. The summed E-state index contributed by atoms with van der Waals surface area (Å²) < 4.78 is 0. The van der Waals surface area contributed by atoms with Crippen molar-refractivity contribution in [2.24, 2.45) is 10.8 Å². The summed E-state index contributed by atoms with van der Waals surface area (Å²) in [6.07, 6.45) is 8.55. The van der Waals surface area contributed by atoms with Crippen molar-refractivity contribution in [3.63, 3.8) is 0 Å². The molecule has 5 heteroatoms. The molecule has 0 bridgehead atoms. The molecule has 1 fully saturated rings. The summed E-state index contributed by atoms with van der Waals surface area (Å²) >= 11 is 0. The van der Waals surface area contributed by atoms with Crippen LogP contribution in [0, 0.1) is 10.8 Å². The maximum atomic E-state index is 13.4. The molecule has 0 heterocycles. The number of hydrogen-bond acceptors (Lipinski definition) is 3. The van der Waals surface area contributed by atoms with E-state index in [2.05, 4.69) is 10.6 Å². The first-order chi connectivity index (χ1) is 15.8. The second-order valence-corrected chi connectivity index (χ2v) is 9.09. The highest BCUT2D eigenvalue weighted by atomic mass is 16.2. The average molecular weight is 445 g/mol. The molecular formula is C28H32N2O3. The van der Waals surface area contributed by atoms with Crippen molar-refractivity contribution in [1.82, 2.24) is 10.6 Å². The minimum Gasteiger partial charge on any atom is -0.348 e. The van der Waals surface area contributed by atoms with Gasteiger partial charge < -0.3 is 10.6 Å². The van der Waals surface area contributed by atoms with E-state index in [0.717, 1.165) is 17.5 Å². The molecule has 0 saturated heterocycles. The largest absolute Gasteiger partial charge is 0.348 e. The summed E-state index contributed by atoms with van der Waals surface area (Å²) in [5, 5.41) is 5.71. The molecule has 0 aliphatic heterocycles. The first-order valence-electron chi connectivity index (χ1n) is 11.4. The molecule has 5 nitrogen and oxygen atoms in total. The van der Waals surface area contributed by atoms with E-state index in [1.54, 1.807) is 12.2 Å². The van der Waals surface area contributed by atoms with Gasteiger partial charge in [0.05, 0.1) is 0 Å². The number of benzene rings is 2. The molecule has 0 radical (unpaired) electrons. The predicted molar refractivity (Wildman–Crippen MR) is 130 cm³/mol. The zero-order chi connectivity index (χ0) is 23.7. The van der Waals surface area contributed by atoms with Gasteiger partial charge in [-0.3, -0.25) is 14.4 Å². The van der Waals surface area contributed by atoms with Crippen LogP contribution in [0.3, 0.4) is 0 Å². The van der Waals surface area contributed by atoms with Crippen LogP contribution in [0.15, 0.2) is 85.0 Å². The first kappa shape index (κ1) is 24.2. The van der Waals surface area contributed by atoms with E-state index in [4.69, 9.17) is 0 Å². The quantitative estimate of drug-likeness (QED) is 0.589. The predicted octanol–water partition coefficient (Wildman–Crippen LogP) is 4.50. The fraction of sp³-hybridized carbons (Fsp3) is 0.321. The lowest BCUT2D eigenvalue weighted by Gasteiger charge is -2.39. The van der Waals surface area contributed by atoms with Crippen molar-refractivity contribution in [3.05, 3.63) is 96.1 Å². The Balaban J connectivity index is 1.58. The van der Waals surface area contributed by atoms with Crippen LogP contribution >= 0.6 is 0 Å². The van der Waals surface area contributed by atoms with E-state index in [1.165, 1.54) is 12.2 Å². The van der Waals surface area contributed by atoms with Crippen LogP contribution in [0.5, 0.6) is 0 Å². The number of hydrogen-bond donors (Lipinski definition) is 2. The van der Waals surface area contributed by atoms with Gasteiger partial charge in [-0.15, -0.1) is 0 Å². The van der Waals surface area contributed by atoms with E-state index in [0.29, 0.717) is 25.9 Å². The highest BCUT2D eigenvalue weighted by Crippen LogP contribution is 2.44. The third-order valence-corrected chi connectivity index (χ3v) is 6.25. The Morgan fingerprint density at radius 2 is 1.15 bits per heavy atom. The first-order valence-corrected chi connectivity index (χ1v) is 11.4. The smallest absolute Gasteiger partial charge is 0.243 e. The topological polar surface area (TPSA) is 75.3 Å². The Labute approximate surface area is 196 Å². The second-order valence-electron chi connectivity index (χ2n) is 9.09. The van der Waals surface area contributed by atoms with Gasteiger partial charge in [0.1, 0.15) is 0 Å². The molecule has 2 atom stereocenters. The lowest BCUT2D eigenvalue weighted by Crippen LogP contribution is -2.42. The van der Waals surface area contributed by atoms with E-state index < -0.39 is 10.8 Å². The molecule has 1 saturated carbocycles. The van der Waals surface area contributed by atoms with Crippen LogP contribution in [0.2, 0.25) is 0 Å². The summed E-state index contributed by atoms with van der Waals surface area (Å²) in [7, 11) is 0. The maximum Gasteiger partial charge on any atom is 0.243 e. The molecular weight excluding hydrogens is 412 g/mol. The van der Waals surface area contributed by atoms with Crippen LogP contribution in [0.4, 0.5) is 0 Å². The van der Waals surface area contributed by atoms with Crippen molar-refractivity contribution in [3.8, 4) is 0 Å². The molecule has 1 aliphatic carbocycles. The summed E-state index contributed by atoms with van der Waals surface area (Å²) in [6.45, 7) is 4.62. The number of amides is 2. The van der Waals surface area contributed by atoms with Crippen LogP contribution in [-0.4, -0.2) is 17.6 Å². The molecule has 3 rings (SSSR count). The molecule has 0 unspecified atom stereocenters. The Bertz CT molecular complexity index is 948. The van der Waals surface area contributed by atoms with E-state index in [-0.39, 0.29) is 17.6 Å². The molecule has 2 aromatic rings. The SMILES string of the molecule is C[C@]1(/C=C/C(=O)NCc2ccccc2)CCC[C@](C)(/C=C/C(=O)NCc2ccccc2)C1=O. The Kier molecular flexibility index (Phi) is 7.99. The van der Waals surface area contributed by atoms with Gasteiger partial charge in [0.15, 0.2) is 5.78 Å². The standard InChI is InChI=1S/C28H32N2O3/c1-27(18-14-24(31)29-20-22-10-5-3-6-11-22)16-9-17-28(2,26(27)33)19-15-25(32)30-21-23-12-7-4-8-13-23/h3-8,10-15,18-19H,9,16-17,20-21H2,1-2H3,(H,29,31)(H,30,32)/b18-14+,19-15+/t27-,28-/m1/s1. The van der Waals surface area contributed by atoms with E-state index in [1.807, 2.05) is 74.5 Å². The Morgan fingerprint density at radius 3 is 1.55 bits per heavy atom. The minimum atomic E-state index is -0.748. The van der Waals surface area contributed by atoms with Crippen LogP contribution in [0.1, 0.15) is 44.2 Å². The average Bonchev–Trinajstić information content (AvgIpc) is 2.84. The van der Waals surface area contributed by atoms with Crippen molar-refractivity contribution in [2.45, 2.75) is 46.2 Å². The van der Waals surface area contributed by atoms with Crippen LogP contribution in [-0.2, 0) is 27.5 Å². The molecule has 0 aromatic heterocycles. The van der Waals surface area contributed by atoms with Gasteiger partial charge in [-0.25, -0.2) is 0 Å². The van der Waals surface area contributed by atoms with Crippen molar-refractivity contribution >= 4 is 17.6 Å². The number of carbonyl (C=O) groups excluding carboxylic acids is 3. The molecule has 172 valence electrons. The van der Waals surface area contributed by atoms with Gasteiger partial charge >= 0.3 is 0 Å². The minimum absolute atomic E-state index is 0.0282. The van der Waals surface area contributed by atoms with Crippen molar-refractivity contribution < 1.29 is 14.4 Å². The highest BCUT2D eigenvalue weighted by Gasteiger charge is 2.45. The number of ketones is 1. The van der Waals surface area contributed by atoms with Gasteiger partial charge in [-0.2, -0.15) is 0 Å².